The summed E-state index contributed by atoms with van der Waals surface area (Å²) in [6.07, 6.45) is -3.09. The standard InChI is InChI=1S/C12H9ClF3N3/c13-10-3-2-8(5-9(10)12(14,15)16)19-11-4-1-7(17)6-18-11/h1-6H,17H2,(H,18,19). The van der Waals surface area contributed by atoms with Crippen LogP contribution in [0.15, 0.2) is 36.5 Å². The van der Waals surface area contributed by atoms with Gasteiger partial charge in [-0.25, -0.2) is 4.98 Å². The molecule has 2 aromatic rings. The summed E-state index contributed by atoms with van der Waals surface area (Å²) in [6.45, 7) is 0. The number of aromatic nitrogens is 1. The van der Waals surface area contributed by atoms with Crippen molar-refractivity contribution in [2.45, 2.75) is 6.18 Å². The zero-order valence-electron chi connectivity index (χ0n) is 9.50. The highest BCUT2D eigenvalue weighted by Gasteiger charge is 2.33. The van der Waals surface area contributed by atoms with Crippen LogP contribution in [-0.4, -0.2) is 4.98 Å². The summed E-state index contributed by atoms with van der Waals surface area (Å²) >= 11 is 5.52. The molecule has 0 atom stereocenters. The maximum absolute atomic E-state index is 12.7. The van der Waals surface area contributed by atoms with Crippen molar-refractivity contribution in [3.8, 4) is 0 Å². The first kappa shape index (κ1) is 13.5. The van der Waals surface area contributed by atoms with Crippen LogP contribution < -0.4 is 11.1 Å². The SMILES string of the molecule is Nc1ccc(Nc2ccc(Cl)c(C(F)(F)F)c2)nc1. The van der Waals surface area contributed by atoms with E-state index in [0.29, 0.717) is 11.5 Å². The second-order valence-electron chi connectivity index (χ2n) is 3.79. The molecule has 0 aliphatic heterocycles. The van der Waals surface area contributed by atoms with E-state index >= 15 is 0 Å². The van der Waals surface area contributed by atoms with E-state index in [-0.39, 0.29) is 10.7 Å². The summed E-state index contributed by atoms with van der Waals surface area (Å²) in [7, 11) is 0. The first-order valence-corrected chi connectivity index (χ1v) is 5.59. The number of rotatable bonds is 2. The van der Waals surface area contributed by atoms with E-state index in [1.807, 2.05) is 0 Å². The van der Waals surface area contributed by atoms with Gasteiger partial charge in [-0.2, -0.15) is 13.2 Å². The molecule has 3 nitrogen and oxygen atoms in total. The number of benzene rings is 1. The molecule has 0 radical (unpaired) electrons. The minimum absolute atomic E-state index is 0.244. The van der Waals surface area contributed by atoms with Crippen LogP contribution in [0, 0.1) is 0 Å². The fraction of sp³-hybridized carbons (Fsp3) is 0.0833. The van der Waals surface area contributed by atoms with Gasteiger partial charge in [0, 0.05) is 5.69 Å². The highest BCUT2D eigenvalue weighted by Crippen LogP contribution is 2.36. The normalized spacial score (nSPS) is 11.4. The van der Waals surface area contributed by atoms with Crippen molar-refractivity contribution < 1.29 is 13.2 Å². The monoisotopic (exact) mass is 287 g/mol. The van der Waals surface area contributed by atoms with Crippen LogP contribution in [0.2, 0.25) is 5.02 Å². The van der Waals surface area contributed by atoms with E-state index in [1.54, 1.807) is 12.1 Å². The maximum atomic E-state index is 12.7. The number of anilines is 3. The molecule has 0 fully saturated rings. The summed E-state index contributed by atoms with van der Waals surface area (Å²) in [6, 6.07) is 6.72. The molecule has 0 spiro atoms. The first-order valence-electron chi connectivity index (χ1n) is 5.21. The average Bonchev–Trinajstić information content (AvgIpc) is 2.33. The maximum Gasteiger partial charge on any atom is 0.417 e. The topological polar surface area (TPSA) is 50.9 Å². The van der Waals surface area contributed by atoms with Crippen molar-refractivity contribution >= 4 is 28.8 Å². The van der Waals surface area contributed by atoms with Crippen molar-refractivity contribution in [2.75, 3.05) is 11.1 Å². The number of hydrogen-bond donors (Lipinski definition) is 2. The summed E-state index contributed by atoms with van der Waals surface area (Å²) < 4.78 is 38.0. The molecule has 1 heterocycles. The lowest BCUT2D eigenvalue weighted by Crippen LogP contribution is -2.06. The van der Waals surface area contributed by atoms with Crippen molar-refractivity contribution in [3.63, 3.8) is 0 Å². The van der Waals surface area contributed by atoms with Gasteiger partial charge in [-0.3, -0.25) is 0 Å². The Morgan fingerprint density at radius 3 is 2.47 bits per heavy atom. The second kappa shape index (κ2) is 4.97. The first-order chi connectivity index (χ1) is 8.86. The minimum Gasteiger partial charge on any atom is -0.397 e. The molecule has 1 aromatic heterocycles. The molecule has 0 saturated carbocycles. The number of pyridine rings is 1. The highest BCUT2D eigenvalue weighted by molar-refractivity contribution is 6.31. The zero-order chi connectivity index (χ0) is 14.0. The third-order valence-electron chi connectivity index (χ3n) is 2.33. The van der Waals surface area contributed by atoms with E-state index in [9.17, 15) is 13.2 Å². The molecule has 100 valence electrons. The van der Waals surface area contributed by atoms with Crippen LogP contribution in [0.3, 0.4) is 0 Å². The number of nitrogens with zero attached hydrogens (tertiary/aromatic N) is 1. The molecule has 0 amide bonds. The summed E-state index contributed by atoms with van der Waals surface area (Å²) in [5, 5.41) is 2.40. The highest BCUT2D eigenvalue weighted by atomic mass is 35.5. The quantitative estimate of drug-likeness (QED) is 0.875. The Morgan fingerprint density at radius 1 is 1.16 bits per heavy atom. The Labute approximate surface area is 112 Å². The van der Waals surface area contributed by atoms with Gasteiger partial charge in [0.2, 0.25) is 0 Å². The Bertz CT molecular complexity index is 582. The van der Waals surface area contributed by atoms with E-state index in [4.69, 9.17) is 17.3 Å². The fourth-order valence-electron chi connectivity index (χ4n) is 1.45. The average molecular weight is 288 g/mol. The van der Waals surface area contributed by atoms with Gasteiger partial charge in [0.15, 0.2) is 0 Å². The molecule has 7 heteroatoms. The molecule has 0 unspecified atom stereocenters. The zero-order valence-corrected chi connectivity index (χ0v) is 10.3. The summed E-state index contributed by atoms with van der Waals surface area (Å²) in [5.41, 5.74) is 5.29. The molecule has 2 rings (SSSR count). The van der Waals surface area contributed by atoms with E-state index < -0.39 is 11.7 Å². The number of nitrogens with two attached hydrogens (primary N) is 1. The predicted molar refractivity (Wildman–Crippen MR) is 68.4 cm³/mol. The number of halogens is 4. The summed E-state index contributed by atoms with van der Waals surface area (Å²) in [4.78, 5) is 3.94. The van der Waals surface area contributed by atoms with Crippen molar-refractivity contribution in [1.29, 1.82) is 0 Å². The third kappa shape index (κ3) is 3.29. The molecule has 3 N–H and O–H groups in total. The Kier molecular flexibility index (Phi) is 3.53. The van der Waals surface area contributed by atoms with E-state index in [0.717, 1.165) is 6.07 Å². The van der Waals surface area contributed by atoms with Crippen LogP contribution in [0.4, 0.5) is 30.4 Å². The fourth-order valence-corrected chi connectivity index (χ4v) is 1.67. The lowest BCUT2D eigenvalue weighted by atomic mass is 10.2. The molecule has 1 aromatic carbocycles. The van der Waals surface area contributed by atoms with Gasteiger partial charge < -0.3 is 11.1 Å². The van der Waals surface area contributed by atoms with Gasteiger partial charge >= 0.3 is 6.18 Å². The van der Waals surface area contributed by atoms with Crippen LogP contribution in [0.5, 0.6) is 0 Å². The van der Waals surface area contributed by atoms with Gasteiger partial charge in [-0.05, 0) is 30.3 Å². The minimum atomic E-state index is -4.50. The lowest BCUT2D eigenvalue weighted by molar-refractivity contribution is -0.137. The van der Waals surface area contributed by atoms with E-state index in [2.05, 4.69) is 10.3 Å². The lowest BCUT2D eigenvalue weighted by Gasteiger charge is -2.12. The Morgan fingerprint density at radius 2 is 1.89 bits per heavy atom. The molecule has 0 saturated heterocycles. The summed E-state index contributed by atoms with van der Waals surface area (Å²) in [5.74, 6) is 0.393. The number of nitrogens with one attached hydrogen (secondary N) is 1. The van der Waals surface area contributed by atoms with Gasteiger partial charge in [0.05, 0.1) is 22.5 Å². The molecular weight excluding hydrogens is 279 g/mol. The van der Waals surface area contributed by atoms with Gasteiger partial charge in [-0.1, -0.05) is 11.6 Å². The number of hydrogen-bond acceptors (Lipinski definition) is 3. The van der Waals surface area contributed by atoms with Crippen LogP contribution in [0.25, 0.3) is 0 Å². The van der Waals surface area contributed by atoms with Crippen LogP contribution in [0.1, 0.15) is 5.56 Å². The Balaban J connectivity index is 2.29. The number of nitrogen functional groups attached to an aromatic ring is 1. The van der Waals surface area contributed by atoms with Crippen molar-refractivity contribution in [1.82, 2.24) is 4.98 Å². The largest absolute Gasteiger partial charge is 0.417 e. The van der Waals surface area contributed by atoms with Gasteiger partial charge in [0.1, 0.15) is 5.82 Å². The number of alkyl halides is 3. The Hall–Kier alpha value is -1.95. The van der Waals surface area contributed by atoms with E-state index in [1.165, 1.54) is 18.3 Å². The molecule has 0 bridgehead atoms. The smallest absolute Gasteiger partial charge is 0.397 e. The molecule has 0 aliphatic carbocycles. The predicted octanol–water partition coefficient (Wildman–Crippen LogP) is 4.08. The van der Waals surface area contributed by atoms with Crippen molar-refractivity contribution in [2.24, 2.45) is 0 Å². The van der Waals surface area contributed by atoms with Crippen LogP contribution >= 0.6 is 11.6 Å². The molecular formula is C12H9ClF3N3. The van der Waals surface area contributed by atoms with Gasteiger partial charge in [0.25, 0.3) is 0 Å². The molecule has 0 aliphatic rings. The second-order valence-corrected chi connectivity index (χ2v) is 4.20. The third-order valence-corrected chi connectivity index (χ3v) is 2.66. The van der Waals surface area contributed by atoms with Crippen molar-refractivity contribution in [3.05, 3.63) is 47.1 Å². The molecule has 19 heavy (non-hydrogen) atoms. The van der Waals surface area contributed by atoms with Crippen LogP contribution in [-0.2, 0) is 6.18 Å². The van der Waals surface area contributed by atoms with Gasteiger partial charge in [-0.15, -0.1) is 0 Å².